The number of aromatic nitrogens is 1. The van der Waals surface area contributed by atoms with Gasteiger partial charge in [0.2, 0.25) is 0 Å². The van der Waals surface area contributed by atoms with Crippen LogP contribution in [0.3, 0.4) is 0 Å². The van der Waals surface area contributed by atoms with Gasteiger partial charge in [0.15, 0.2) is 5.78 Å². The Hall–Kier alpha value is -2.16. The van der Waals surface area contributed by atoms with Crippen LogP contribution in [0.1, 0.15) is 33.6 Å². The highest BCUT2D eigenvalue weighted by molar-refractivity contribution is 5.99. The Bertz CT molecular complexity index is 591. The van der Waals surface area contributed by atoms with E-state index >= 15 is 0 Å². The predicted octanol–water partition coefficient (Wildman–Crippen LogP) is 3.22. The molecule has 0 saturated carbocycles. The van der Waals surface area contributed by atoms with Crippen LogP contribution in [-0.4, -0.2) is 15.9 Å². The Morgan fingerprint density at radius 3 is 2.74 bits per heavy atom. The zero-order valence-corrected chi connectivity index (χ0v) is 11.2. The fraction of sp³-hybridized carbons (Fsp3) is 0.250. The zero-order valence-electron chi connectivity index (χ0n) is 11.2. The van der Waals surface area contributed by atoms with Crippen LogP contribution in [0.25, 0.3) is 0 Å². The Balaban J connectivity index is 2.13. The number of pyridine rings is 1. The summed E-state index contributed by atoms with van der Waals surface area (Å²) in [5, 5.41) is 9.95. The van der Waals surface area contributed by atoms with Gasteiger partial charge in [-0.1, -0.05) is 12.1 Å². The van der Waals surface area contributed by atoms with Gasteiger partial charge < -0.3 is 5.11 Å². The van der Waals surface area contributed by atoms with E-state index in [9.17, 15) is 9.90 Å². The molecule has 19 heavy (non-hydrogen) atoms. The van der Waals surface area contributed by atoms with Crippen LogP contribution in [0.5, 0.6) is 5.75 Å². The summed E-state index contributed by atoms with van der Waals surface area (Å²) >= 11 is 0. The third-order valence-electron chi connectivity index (χ3n) is 3.08. The van der Waals surface area contributed by atoms with Crippen molar-refractivity contribution in [1.29, 1.82) is 0 Å². The van der Waals surface area contributed by atoms with E-state index in [0.717, 1.165) is 16.8 Å². The number of phenolic OH excluding ortho intramolecular Hbond substituents is 1. The molecule has 0 fully saturated rings. The molecule has 0 unspecified atom stereocenters. The molecule has 3 nitrogen and oxygen atoms in total. The van der Waals surface area contributed by atoms with Crippen molar-refractivity contribution in [2.45, 2.75) is 26.7 Å². The average Bonchev–Trinajstić information content (AvgIpc) is 2.41. The number of aryl methyl sites for hydroxylation is 3. The van der Waals surface area contributed by atoms with Gasteiger partial charge in [0.25, 0.3) is 0 Å². The van der Waals surface area contributed by atoms with Crippen molar-refractivity contribution in [1.82, 2.24) is 4.98 Å². The van der Waals surface area contributed by atoms with E-state index in [1.54, 1.807) is 19.2 Å². The van der Waals surface area contributed by atoms with Crippen LogP contribution < -0.4 is 0 Å². The molecule has 0 saturated heterocycles. The quantitative estimate of drug-likeness (QED) is 0.853. The van der Waals surface area contributed by atoms with Crippen molar-refractivity contribution in [2.24, 2.45) is 0 Å². The molecular weight excluding hydrogens is 238 g/mol. The number of ketones is 1. The topological polar surface area (TPSA) is 50.2 Å². The largest absolute Gasteiger partial charge is 0.507 e. The molecule has 0 spiro atoms. The van der Waals surface area contributed by atoms with E-state index in [0.29, 0.717) is 18.4 Å². The number of benzene rings is 1. The summed E-state index contributed by atoms with van der Waals surface area (Å²) in [6.07, 6.45) is 2.66. The maximum Gasteiger partial charge on any atom is 0.166 e. The van der Waals surface area contributed by atoms with Gasteiger partial charge in [0.05, 0.1) is 5.56 Å². The molecule has 1 N–H and O–H groups in total. The van der Waals surface area contributed by atoms with Crippen LogP contribution in [-0.2, 0) is 6.42 Å². The number of carbonyl (C=O) groups excluding carboxylic acids is 1. The molecule has 1 aromatic carbocycles. The highest BCUT2D eigenvalue weighted by Crippen LogP contribution is 2.25. The molecule has 0 bridgehead atoms. The summed E-state index contributed by atoms with van der Waals surface area (Å²) in [7, 11) is 0. The highest BCUT2D eigenvalue weighted by atomic mass is 16.3. The molecule has 3 heteroatoms. The summed E-state index contributed by atoms with van der Waals surface area (Å²) in [6, 6.07) is 9.25. The lowest BCUT2D eigenvalue weighted by Gasteiger charge is -2.08. The molecule has 0 amide bonds. The third kappa shape index (κ3) is 3.19. The molecule has 98 valence electrons. The first kappa shape index (κ1) is 13.3. The van der Waals surface area contributed by atoms with E-state index in [1.807, 2.05) is 31.2 Å². The normalized spacial score (nSPS) is 10.4. The minimum atomic E-state index is -0.0463. The minimum absolute atomic E-state index is 0.0463. The van der Waals surface area contributed by atoms with Crippen LogP contribution >= 0.6 is 0 Å². The van der Waals surface area contributed by atoms with Crippen LogP contribution in [0, 0.1) is 13.8 Å². The zero-order chi connectivity index (χ0) is 13.8. The first-order valence-corrected chi connectivity index (χ1v) is 6.31. The predicted molar refractivity (Wildman–Crippen MR) is 74.5 cm³/mol. The lowest BCUT2D eigenvalue weighted by Crippen LogP contribution is -2.03. The van der Waals surface area contributed by atoms with Gasteiger partial charge >= 0.3 is 0 Å². The molecule has 0 aliphatic rings. The van der Waals surface area contributed by atoms with Gasteiger partial charge in [0.1, 0.15) is 5.75 Å². The van der Waals surface area contributed by atoms with Crippen LogP contribution in [0.15, 0.2) is 36.5 Å². The first-order valence-electron chi connectivity index (χ1n) is 6.31. The molecule has 0 radical (unpaired) electrons. The van der Waals surface area contributed by atoms with E-state index < -0.39 is 0 Å². The number of rotatable bonds is 4. The summed E-state index contributed by atoms with van der Waals surface area (Å²) in [5.74, 6) is 0.0478. The van der Waals surface area contributed by atoms with Gasteiger partial charge in [-0.2, -0.15) is 0 Å². The number of carbonyl (C=O) groups is 1. The monoisotopic (exact) mass is 255 g/mol. The molecule has 1 heterocycles. The Morgan fingerprint density at radius 1 is 1.26 bits per heavy atom. The molecule has 2 aromatic rings. The minimum Gasteiger partial charge on any atom is -0.507 e. The lowest BCUT2D eigenvalue weighted by molar-refractivity contribution is 0.0979. The molecule has 0 aliphatic heterocycles. The van der Waals surface area contributed by atoms with Gasteiger partial charge in [-0.25, -0.2) is 0 Å². The van der Waals surface area contributed by atoms with E-state index in [2.05, 4.69) is 4.98 Å². The lowest BCUT2D eigenvalue weighted by atomic mass is 9.99. The molecular formula is C16H17NO2. The Labute approximate surface area is 112 Å². The van der Waals surface area contributed by atoms with Gasteiger partial charge in [-0.3, -0.25) is 9.78 Å². The van der Waals surface area contributed by atoms with Crippen LogP contribution in [0.2, 0.25) is 0 Å². The Kier molecular flexibility index (Phi) is 3.95. The summed E-state index contributed by atoms with van der Waals surface area (Å²) < 4.78 is 0. The first-order chi connectivity index (χ1) is 9.08. The number of Topliss-reactive ketones (excluding diaryl/α,β-unsaturated/α-hetero) is 1. The van der Waals surface area contributed by atoms with Crippen molar-refractivity contribution in [3.8, 4) is 5.75 Å². The standard InChI is InChI=1S/C16H17NO2/c1-11-9-12(2)16(19)14(10-11)15(18)7-6-13-5-3-4-8-17-13/h3-5,8-10,19H,6-7H2,1-2H3. The fourth-order valence-electron chi connectivity index (χ4n) is 2.09. The maximum absolute atomic E-state index is 12.2. The SMILES string of the molecule is Cc1cc(C)c(O)c(C(=O)CCc2ccccn2)c1. The van der Waals surface area contributed by atoms with E-state index in [-0.39, 0.29) is 11.5 Å². The summed E-state index contributed by atoms with van der Waals surface area (Å²) in [4.78, 5) is 16.3. The Morgan fingerprint density at radius 2 is 2.05 bits per heavy atom. The fourth-order valence-corrected chi connectivity index (χ4v) is 2.09. The molecule has 0 aliphatic carbocycles. The van der Waals surface area contributed by atoms with Gasteiger partial charge in [-0.05, 0) is 49.6 Å². The second-order valence-electron chi connectivity index (χ2n) is 4.72. The molecule has 1 aromatic heterocycles. The third-order valence-corrected chi connectivity index (χ3v) is 3.08. The second kappa shape index (κ2) is 5.65. The number of phenols is 1. The van der Waals surface area contributed by atoms with Gasteiger partial charge in [0, 0.05) is 18.3 Å². The van der Waals surface area contributed by atoms with Gasteiger partial charge in [-0.15, -0.1) is 0 Å². The average molecular weight is 255 g/mol. The number of aromatic hydroxyl groups is 1. The second-order valence-corrected chi connectivity index (χ2v) is 4.72. The highest BCUT2D eigenvalue weighted by Gasteiger charge is 2.13. The van der Waals surface area contributed by atoms with Crippen molar-refractivity contribution in [3.63, 3.8) is 0 Å². The van der Waals surface area contributed by atoms with Crippen molar-refractivity contribution >= 4 is 5.78 Å². The smallest absolute Gasteiger partial charge is 0.166 e. The summed E-state index contributed by atoms with van der Waals surface area (Å²) in [6.45, 7) is 3.72. The van der Waals surface area contributed by atoms with Crippen LogP contribution in [0.4, 0.5) is 0 Å². The number of hydrogen-bond donors (Lipinski definition) is 1. The van der Waals surface area contributed by atoms with E-state index in [1.165, 1.54) is 0 Å². The maximum atomic E-state index is 12.2. The number of hydrogen-bond acceptors (Lipinski definition) is 3. The molecule has 0 atom stereocenters. The van der Waals surface area contributed by atoms with E-state index in [4.69, 9.17) is 0 Å². The van der Waals surface area contributed by atoms with Crippen molar-refractivity contribution in [3.05, 3.63) is 58.9 Å². The number of nitrogens with zero attached hydrogens (tertiary/aromatic N) is 1. The molecule has 2 rings (SSSR count). The van der Waals surface area contributed by atoms with Crippen molar-refractivity contribution in [2.75, 3.05) is 0 Å². The van der Waals surface area contributed by atoms with Crippen molar-refractivity contribution < 1.29 is 9.90 Å². The summed E-state index contributed by atoms with van der Waals surface area (Å²) in [5.41, 5.74) is 3.02.